The van der Waals surface area contributed by atoms with Gasteiger partial charge in [0.25, 0.3) is 0 Å². The van der Waals surface area contributed by atoms with Crippen LogP contribution < -0.4 is 4.90 Å². The van der Waals surface area contributed by atoms with Crippen molar-refractivity contribution in [2.75, 3.05) is 24.5 Å². The average Bonchev–Trinajstić information content (AvgIpc) is 2.75. The highest BCUT2D eigenvalue weighted by molar-refractivity contribution is 5.54. The van der Waals surface area contributed by atoms with Gasteiger partial charge in [-0.25, -0.2) is 4.39 Å². The van der Waals surface area contributed by atoms with E-state index < -0.39 is 0 Å². The first-order chi connectivity index (χ1) is 8.65. The van der Waals surface area contributed by atoms with Gasteiger partial charge in [-0.3, -0.25) is 4.90 Å². The van der Waals surface area contributed by atoms with Crippen molar-refractivity contribution in [1.29, 1.82) is 0 Å². The molecule has 2 nitrogen and oxygen atoms in total. The first-order valence-electron chi connectivity index (χ1n) is 6.92. The Bertz CT molecular complexity index is 446. The smallest absolute Gasteiger partial charge is 0.123 e. The van der Waals surface area contributed by atoms with Gasteiger partial charge in [-0.15, -0.1) is 0 Å². The van der Waals surface area contributed by atoms with Gasteiger partial charge in [0.15, 0.2) is 0 Å². The molecule has 0 saturated carbocycles. The van der Waals surface area contributed by atoms with Crippen molar-refractivity contribution in [3.8, 4) is 0 Å². The van der Waals surface area contributed by atoms with Gasteiger partial charge in [-0.1, -0.05) is 0 Å². The van der Waals surface area contributed by atoms with Gasteiger partial charge in [-0.05, 0) is 57.0 Å². The maximum absolute atomic E-state index is 13.2. The monoisotopic (exact) mass is 248 g/mol. The SMILES string of the molecule is Cc1cc(F)ccc1N1CC2CCCN2CC1C. The first kappa shape index (κ1) is 12.0. The van der Waals surface area contributed by atoms with Crippen LogP contribution in [0.2, 0.25) is 0 Å². The summed E-state index contributed by atoms with van der Waals surface area (Å²) >= 11 is 0. The highest BCUT2D eigenvalue weighted by Crippen LogP contribution is 2.30. The zero-order chi connectivity index (χ0) is 12.7. The third kappa shape index (κ3) is 2.01. The normalized spacial score (nSPS) is 28.5. The van der Waals surface area contributed by atoms with Crippen molar-refractivity contribution in [2.45, 2.75) is 38.8 Å². The Morgan fingerprint density at radius 1 is 1.28 bits per heavy atom. The van der Waals surface area contributed by atoms with E-state index in [2.05, 4.69) is 16.7 Å². The van der Waals surface area contributed by atoms with E-state index in [0.717, 1.165) is 18.7 Å². The van der Waals surface area contributed by atoms with Crippen LogP contribution in [0.3, 0.4) is 0 Å². The summed E-state index contributed by atoms with van der Waals surface area (Å²) in [5.41, 5.74) is 2.25. The molecule has 2 saturated heterocycles. The second-order valence-electron chi connectivity index (χ2n) is 5.72. The van der Waals surface area contributed by atoms with Crippen molar-refractivity contribution in [3.63, 3.8) is 0 Å². The molecule has 1 aromatic carbocycles. The Kier molecular flexibility index (Phi) is 3.02. The van der Waals surface area contributed by atoms with E-state index in [9.17, 15) is 4.39 Å². The molecule has 0 amide bonds. The largest absolute Gasteiger partial charge is 0.366 e. The van der Waals surface area contributed by atoms with Crippen molar-refractivity contribution in [2.24, 2.45) is 0 Å². The standard InChI is InChI=1S/C15H21FN2/c1-11-8-13(16)5-6-15(11)18-10-14-4-3-7-17(14)9-12(18)2/h5-6,8,12,14H,3-4,7,9-10H2,1-2H3. The van der Waals surface area contributed by atoms with Crippen molar-refractivity contribution >= 4 is 5.69 Å². The molecule has 2 aliphatic heterocycles. The molecule has 0 spiro atoms. The number of aryl methyl sites for hydroxylation is 1. The summed E-state index contributed by atoms with van der Waals surface area (Å²) in [7, 11) is 0. The van der Waals surface area contributed by atoms with E-state index in [1.54, 1.807) is 12.1 Å². The number of rotatable bonds is 1. The molecule has 2 fully saturated rings. The summed E-state index contributed by atoms with van der Waals surface area (Å²) in [4.78, 5) is 5.07. The fourth-order valence-electron chi connectivity index (χ4n) is 3.46. The predicted octanol–water partition coefficient (Wildman–Crippen LogP) is 2.81. The Labute approximate surface area is 108 Å². The molecule has 2 heterocycles. The number of hydrogen-bond donors (Lipinski definition) is 0. The Hall–Kier alpha value is -1.09. The predicted molar refractivity (Wildman–Crippen MR) is 72.5 cm³/mol. The van der Waals surface area contributed by atoms with Crippen LogP contribution in [0, 0.1) is 12.7 Å². The highest BCUT2D eigenvalue weighted by atomic mass is 19.1. The molecule has 1 aromatic rings. The van der Waals surface area contributed by atoms with Crippen LogP contribution in [0.5, 0.6) is 0 Å². The van der Waals surface area contributed by atoms with Crippen LogP contribution in [0.4, 0.5) is 10.1 Å². The van der Waals surface area contributed by atoms with E-state index in [0.29, 0.717) is 12.1 Å². The molecular weight excluding hydrogens is 227 g/mol. The number of hydrogen-bond acceptors (Lipinski definition) is 2. The number of fused-ring (bicyclic) bond motifs is 1. The maximum Gasteiger partial charge on any atom is 0.123 e. The van der Waals surface area contributed by atoms with E-state index in [1.807, 2.05) is 13.0 Å². The summed E-state index contributed by atoms with van der Waals surface area (Å²) in [6.45, 7) is 7.77. The van der Waals surface area contributed by atoms with E-state index >= 15 is 0 Å². The molecule has 2 atom stereocenters. The van der Waals surface area contributed by atoms with Crippen LogP contribution in [0.15, 0.2) is 18.2 Å². The third-order valence-corrected chi connectivity index (χ3v) is 4.41. The number of benzene rings is 1. The Morgan fingerprint density at radius 3 is 2.89 bits per heavy atom. The van der Waals surface area contributed by atoms with Crippen LogP contribution >= 0.6 is 0 Å². The topological polar surface area (TPSA) is 6.48 Å². The minimum absolute atomic E-state index is 0.136. The van der Waals surface area contributed by atoms with Crippen LogP contribution in [0.1, 0.15) is 25.3 Å². The second kappa shape index (κ2) is 4.54. The molecule has 18 heavy (non-hydrogen) atoms. The average molecular weight is 248 g/mol. The lowest BCUT2D eigenvalue weighted by atomic mass is 10.0. The molecule has 98 valence electrons. The molecule has 2 unspecified atom stereocenters. The molecule has 3 heteroatoms. The van der Waals surface area contributed by atoms with E-state index in [1.165, 1.54) is 25.1 Å². The summed E-state index contributed by atoms with van der Waals surface area (Å²) in [5.74, 6) is -0.136. The number of anilines is 1. The molecule has 0 aromatic heterocycles. The molecule has 3 rings (SSSR count). The lowest BCUT2D eigenvalue weighted by Gasteiger charge is -2.44. The molecule has 0 radical (unpaired) electrons. The van der Waals surface area contributed by atoms with E-state index in [4.69, 9.17) is 0 Å². The van der Waals surface area contributed by atoms with Gasteiger partial charge >= 0.3 is 0 Å². The lowest BCUT2D eigenvalue weighted by molar-refractivity contribution is 0.203. The summed E-state index contributed by atoms with van der Waals surface area (Å²) in [5, 5.41) is 0. The highest BCUT2D eigenvalue weighted by Gasteiger charge is 2.34. The van der Waals surface area contributed by atoms with Crippen molar-refractivity contribution in [1.82, 2.24) is 4.90 Å². The summed E-state index contributed by atoms with van der Waals surface area (Å²) < 4.78 is 13.2. The van der Waals surface area contributed by atoms with Crippen LogP contribution in [0.25, 0.3) is 0 Å². The first-order valence-corrected chi connectivity index (χ1v) is 6.92. The van der Waals surface area contributed by atoms with Crippen molar-refractivity contribution in [3.05, 3.63) is 29.6 Å². The van der Waals surface area contributed by atoms with Gasteiger partial charge in [-0.2, -0.15) is 0 Å². The fraction of sp³-hybridized carbons (Fsp3) is 0.600. The molecule has 0 bridgehead atoms. The fourth-order valence-corrected chi connectivity index (χ4v) is 3.46. The van der Waals surface area contributed by atoms with Gasteiger partial charge < -0.3 is 4.90 Å². The second-order valence-corrected chi connectivity index (χ2v) is 5.72. The third-order valence-electron chi connectivity index (χ3n) is 4.41. The minimum atomic E-state index is -0.136. The molecule has 2 aliphatic rings. The van der Waals surface area contributed by atoms with E-state index in [-0.39, 0.29) is 5.82 Å². The number of nitrogens with zero attached hydrogens (tertiary/aromatic N) is 2. The van der Waals surface area contributed by atoms with Gasteiger partial charge in [0, 0.05) is 30.9 Å². The zero-order valence-electron chi connectivity index (χ0n) is 11.2. The Balaban J connectivity index is 1.86. The van der Waals surface area contributed by atoms with Gasteiger partial charge in [0.05, 0.1) is 0 Å². The Morgan fingerprint density at radius 2 is 2.11 bits per heavy atom. The lowest BCUT2D eigenvalue weighted by Crippen LogP contribution is -2.55. The zero-order valence-corrected chi connectivity index (χ0v) is 11.2. The van der Waals surface area contributed by atoms with Gasteiger partial charge in [0.1, 0.15) is 5.82 Å². The summed E-state index contributed by atoms with van der Waals surface area (Å²) in [6.07, 6.45) is 2.64. The maximum atomic E-state index is 13.2. The minimum Gasteiger partial charge on any atom is -0.366 e. The summed E-state index contributed by atoms with van der Waals surface area (Å²) in [6, 6.07) is 6.37. The number of halogens is 1. The van der Waals surface area contributed by atoms with Gasteiger partial charge in [0.2, 0.25) is 0 Å². The van der Waals surface area contributed by atoms with Crippen LogP contribution in [-0.4, -0.2) is 36.6 Å². The van der Waals surface area contributed by atoms with Crippen LogP contribution in [-0.2, 0) is 0 Å². The molecule has 0 N–H and O–H groups in total. The molecule has 0 aliphatic carbocycles. The number of piperazine rings is 1. The van der Waals surface area contributed by atoms with Crippen molar-refractivity contribution < 1.29 is 4.39 Å². The quantitative estimate of drug-likeness (QED) is 0.754. The molecular formula is C15H21FN2.